The lowest BCUT2D eigenvalue weighted by Crippen LogP contribution is -1.95. The smallest absolute Gasteiger partial charge is 0.167 e. The van der Waals surface area contributed by atoms with Crippen LogP contribution < -0.4 is 0 Å². The van der Waals surface area contributed by atoms with Crippen LogP contribution >= 0.6 is 0 Å². The predicted octanol–water partition coefficient (Wildman–Crippen LogP) is 8.46. The van der Waals surface area contributed by atoms with E-state index in [2.05, 4.69) is 6.58 Å². The molecule has 1 aliphatic heterocycles. The van der Waals surface area contributed by atoms with Crippen LogP contribution in [0.5, 0.6) is 0 Å². The molecular weight excluding hydrogens is 452 g/mol. The van der Waals surface area contributed by atoms with E-state index in [9.17, 15) is 17.6 Å². The highest BCUT2D eigenvalue weighted by Crippen LogP contribution is 2.34. The van der Waals surface area contributed by atoms with Crippen molar-refractivity contribution in [3.8, 4) is 22.3 Å². The third-order valence-corrected chi connectivity index (χ3v) is 6.04. The zero-order valence-electron chi connectivity index (χ0n) is 18.6. The summed E-state index contributed by atoms with van der Waals surface area (Å²) in [5.41, 5.74) is 3.30. The molecule has 1 unspecified atom stereocenters. The van der Waals surface area contributed by atoms with Crippen molar-refractivity contribution in [2.75, 3.05) is 6.61 Å². The number of hydrogen-bond acceptors (Lipinski definition) is 1. The number of halogens is 4. The van der Waals surface area contributed by atoms with Crippen LogP contribution in [0.25, 0.3) is 40.5 Å². The van der Waals surface area contributed by atoms with Gasteiger partial charge in [0, 0.05) is 22.3 Å². The minimum Gasteiger partial charge on any atom is -0.368 e. The topological polar surface area (TPSA) is 12.5 Å². The molecule has 1 aliphatic rings. The number of ether oxygens (including phenoxy) is 1. The first kappa shape index (κ1) is 22.8. The first-order chi connectivity index (χ1) is 17.0. The van der Waals surface area contributed by atoms with Crippen molar-refractivity contribution < 1.29 is 22.3 Å². The summed E-state index contributed by atoms with van der Waals surface area (Å²) in [5.74, 6) is -3.68. The summed E-state index contributed by atoms with van der Waals surface area (Å²) in [4.78, 5) is 0. The average Bonchev–Trinajstić information content (AvgIpc) is 3.72. The Morgan fingerprint density at radius 3 is 1.69 bits per heavy atom. The minimum absolute atomic E-state index is 0.112. The fraction of sp³-hybridized carbons (Fsp3) is 0.0667. The lowest BCUT2D eigenvalue weighted by molar-refractivity contribution is 0.401. The predicted molar refractivity (Wildman–Crippen MR) is 131 cm³/mol. The second-order valence-corrected chi connectivity index (χ2v) is 8.26. The van der Waals surface area contributed by atoms with E-state index >= 15 is 0 Å². The Kier molecular flexibility index (Phi) is 6.10. The molecule has 1 heterocycles. The van der Waals surface area contributed by atoms with E-state index in [-0.39, 0.29) is 28.4 Å². The standard InChI is InChI=1S/C30H20F4O/c1-2-18-3-8-20(9-4-18)23-15-16-24(29(33)28(23)32)21-10-5-19(6-11-21)7-12-22-13-14-25(26-17-35-26)30(34)27(22)31/h2-16,26H,1,17H2/b12-7+. The number of epoxide rings is 1. The molecule has 35 heavy (non-hydrogen) atoms. The molecule has 174 valence electrons. The van der Waals surface area contributed by atoms with Crippen molar-refractivity contribution in [1.82, 2.24) is 0 Å². The van der Waals surface area contributed by atoms with Crippen LogP contribution in [0.15, 0.2) is 79.4 Å². The van der Waals surface area contributed by atoms with Gasteiger partial charge in [0.05, 0.1) is 6.61 Å². The SMILES string of the molecule is C=Cc1ccc(-c2ccc(-c3ccc(/C=C/c4ccc(C5CO5)c(F)c4F)cc3)c(F)c2F)cc1. The number of rotatable bonds is 6. The van der Waals surface area contributed by atoms with Gasteiger partial charge < -0.3 is 4.74 Å². The molecule has 5 heteroatoms. The average molecular weight is 472 g/mol. The van der Waals surface area contributed by atoms with Crippen LogP contribution in [0.4, 0.5) is 17.6 Å². The summed E-state index contributed by atoms with van der Waals surface area (Å²) in [5, 5.41) is 0. The second kappa shape index (κ2) is 9.35. The number of benzene rings is 4. The monoisotopic (exact) mass is 472 g/mol. The molecule has 4 aromatic carbocycles. The van der Waals surface area contributed by atoms with Gasteiger partial charge in [0.25, 0.3) is 0 Å². The summed E-state index contributed by atoms with van der Waals surface area (Å²) in [6.07, 6.45) is 4.41. The number of hydrogen-bond donors (Lipinski definition) is 0. The molecule has 4 aromatic rings. The Morgan fingerprint density at radius 2 is 1.17 bits per heavy atom. The third kappa shape index (κ3) is 4.55. The Labute approximate surface area is 200 Å². The van der Waals surface area contributed by atoms with Gasteiger partial charge in [-0.2, -0.15) is 0 Å². The Bertz CT molecular complexity index is 1430. The molecule has 0 bridgehead atoms. The second-order valence-electron chi connectivity index (χ2n) is 8.26. The molecule has 0 N–H and O–H groups in total. The Hall–Kier alpha value is -3.96. The van der Waals surface area contributed by atoms with Crippen molar-refractivity contribution in [2.24, 2.45) is 0 Å². The first-order valence-corrected chi connectivity index (χ1v) is 11.0. The van der Waals surface area contributed by atoms with Crippen LogP contribution in [0, 0.1) is 23.3 Å². The van der Waals surface area contributed by atoms with Gasteiger partial charge in [-0.25, -0.2) is 17.6 Å². The highest BCUT2D eigenvalue weighted by Gasteiger charge is 2.29. The van der Waals surface area contributed by atoms with Gasteiger partial charge in [-0.1, -0.05) is 97.6 Å². The quantitative estimate of drug-likeness (QED) is 0.156. The van der Waals surface area contributed by atoms with E-state index < -0.39 is 23.3 Å². The molecular formula is C30H20F4O. The molecule has 1 saturated heterocycles. The van der Waals surface area contributed by atoms with E-state index in [0.29, 0.717) is 23.3 Å². The molecule has 1 atom stereocenters. The van der Waals surface area contributed by atoms with Gasteiger partial charge in [0.15, 0.2) is 23.3 Å². The zero-order valence-corrected chi connectivity index (χ0v) is 18.6. The maximum Gasteiger partial charge on any atom is 0.167 e. The molecule has 0 spiro atoms. The van der Waals surface area contributed by atoms with Crippen molar-refractivity contribution in [2.45, 2.75) is 6.10 Å². The summed E-state index contributed by atoms with van der Waals surface area (Å²) in [7, 11) is 0. The van der Waals surface area contributed by atoms with Crippen LogP contribution in [0.2, 0.25) is 0 Å². The molecule has 5 rings (SSSR count). The van der Waals surface area contributed by atoms with E-state index in [4.69, 9.17) is 4.74 Å². The van der Waals surface area contributed by atoms with Gasteiger partial charge in [-0.3, -0.25) is 0 Å². The van der Waals surface area contributed by atoms with Crippen LogP contribution in [0.1, 0.15) is 28.4 Å². The summed E-state index contributed by atoms with van der Waals surface area (Å²) in [6.45, 7) is 4.08. The largest absolute Gasteiger partial charge is 0.368 e. The lowest BCUT2D eigenvalue weighted by atomic mass is 9.97. The van der Waals surface area contributed by atoms with E-state index in [1.807, 2.05) is 0 Å². The van der Waals surface area contributed by atoms with Crippen LogP contribution in [-0.2, 0) is 4.74 Å². The summed E-state index contributed by atoms with van der Waals surface area (Å²) in [6, 6.07) is 19.8. The van der Waals surface area contributed by atoms with Crippen molar-refractivity contribution in [3.63, 3.8) is 0 Å². The summed E-state index contributed by atoms with van der Waals surface area (Å²) >= 11 is 0. The van der Waals surface area contributed by atoms with Gasteiger partial charge in [0.1, 0.15) is 6.10 Å². The molecule has 1 nitrogen and oxygen atoms in total. The van der Waals surface area contributed by atoms with Gasteiger partial charge in [0.2, 0.25) is 0 Å². The van der Waals surface area contributed by atoms with E-state index in [0.717, 1.165) is 5.56 Å². The van der Waals surface area contributed by atoms with Gasteiger partial charge >= 0.3 is 0 Å². The fourth-order valence-corrected chi connectivity index (χ4v) is 3.94. The first-order valence-electron chi connectivity index (χ1n) is 11.0. The zero-order chi connectivity index (χ0) is 24.5. The normalized spacial score (nSPS) is 14.9. The lowest BCUT2D eigenvalue weighted by Gasteiger charge is -2.10. The minimum atomic E-state index is -0.934. The molecule has 0 radical (unpaired) electrons. The van der Waals surface area contributed by atoms with Crippen molar-refractivity contribution >= 4 is 18.2 Å². The van der Waals surface area contributed by atoms with E-state index in [1.54, 1.807) is 72.8 Å². The Morgan fingerprint density at radius 1 is 0.629 bits per heavy atom. The maximum atomic E-state index is 14.9. The van der Waals surface area contributed by atoms with Crippen molar-refractivity contribution in [1.29, 1.82) is 0 Å². The molecule has 0 amide bonds. The molecule has 0 aliphatic carbocycles. The molecule has 0 saturated carbocycles. The molecule has 0 aromatic heterocycles. The van der Waals surface area contributed by atoms with Gasteiger partial charge in [-0.05, 0) is 22.3 Å². The maximum absolute atomic E-state index is 14.9. The van der Waals surface area contributed by atoms with Gasteiger partial charge in [-0.15, -0.1) is 0 Å². The van der Waals surface area contributed by atoms with Crippen LogP contribution in [-0.4, -0.2) is 6.61 Å². The summed E-state index contributed by atoms with van der Waals surface area (Å²) < 4.78 is 63.4. The van der Waals surface area contributed by atoms with Crippen LogP contribution in [0.3, 0.4) is 0 Å². The third-order valence-electron chi connectivity index (χ3n) is 6.04. The van der Waals surface area contributed by atoms with Crippen molar-refractivity contribution in [3.05, 3.63) is 125 Å². The van der Waals surface area contributed by atoms with E-state index in [1.165, 1.54) is 18.2 Å². The molecule has 1 fully saturated rings. The highest BCUT2D eigenvalue weighted by atomic mass is 19.2. The highest BCUT2D eigenvalue weighted by molar-refractivity contribution is 5.75. The fourth-order valence-electron chi connectivity index (χ4n) is 3.94. The Balaban J connectivity index is 1.37.